The lowest BCUT2D eigenvalue weighted by Crippen LogP contribution is -2.27. The molecule has 2 atom stereocenters. The predicted octanol–water partition coefficient (Wildman–Crippen LogP) is 0.205. The number of halogens is 1. The zero-order chi connectivity index (χ0) is 11.4. The van der Waals surface area contributed by atoms with Crippen LogP contribution in [0.4, 0.5) is 0 Å². The zero-order valence-electron chi connectivity index (χ0n) is 8.09. The normalized spacial score (nSPS) is 15.0. The summed E-state index contributed by atoms with van der Waals surface area (Å²) in [6.07, 6.45) is 0.992. The van der Waals surface area contributed by atoms with Crippen molar-refractivity contribution in [2.45, 2.75) is 17.4 Å². The SMILES string of the molecule is CSc1ncc(C(O)C(O)CN)c(Cl)n1. The molecule has 0 aliphatic heterocycles. The molecule has 0 amide bonds. The Kier molecular flexibility index (Phi) is 4.75. The summed E-state index contributed by atoms with van der Waals surface area (Å²) in [5.74, 6) is 0. The molecule has 0 bridgehead atoms. The molecular weight excluding hydrogens is 238 g/mol. The molecule has 0 saturated carbocycles. The van der Waals surface area contributed by atoms with E-state index in [1.54, 1.807) is 0 Å². The smallest absolute Gasteiger partial charge is 0.188 e. The van der Waals surface area contributed by atoms with E-state index in [2.05, 4.69) is 9.97 Å². The summed E-state index contributed by atoms with van der Waals surface area (Å²) in [7, 11) is 0. The Bertz CT molecular complexity index is 340. The fourth-order valence-corrected chi connectivity index (χ4v) is 1.62. The average molecular weight is 250 g/mol. The van der Waals surface area contributed by atoms with Gasteiger partial charge in [-0.05, 0) is 6.26 Å². The molecule has 4 N–H and O–H groups in total. The highest BCUT2D eigenvalue weighted by Gasteiger charge is 2.20. The van der Waals surface area contributed by atoms with Crippen molar-refractivity contribution in [1.29, 1.82) is 0 Å². The van der Waals surface area contributed by atoms with Gasteiger partial charge in [0.25, 0.3) is 0 Å². The molecule has 5 nitrogen and oxygen atoms in total. The van der Waals surface area contributed by atoms with Crippen LogP contribution in [0.15, 0.2) is 11.4 Å². The Morgan fingerprint density at radius 2 is 2.27 bits per heavy atom. The van der Waals surface area contributed by atoms with Gasteiger partial charge in [0.2, 0.25) is 0 Å². The Hall–Kier alpha value is -0.400. The highest BCUT2D eigenvalue weighted by Crippen LogP contribution is 2.24. The highest BCUT2D eigenvalue weighted by molar-refractivity contribution is 7.98. The summed E-state index contributed by atoms with van der Waals surface area (Å²) in [4.78, 5) is 7.89. The lowest BCUT2D eigenvalue weighted by atomic mass is 10.1. The van der Waals surface area contributed by atoms with Crippen molar-refractivity contribution in [3.05, 3.63) is 16.9 Å². The zero-order valence-corrected chi connectivity index (χ0v) is 9.66. The summed E-state index contributed by atoms with van der Waals surface area (Å²) in [5, 5.41) is 19.6. The van der Waals surface area contributed by atoms with Gasteiger partial charge in [0.1, 0.15) is 11.3 Å². The number of rotatable bonds is 4. The summed E-state index contributed by atoms with van der Waals surface area (Å²) < 4.78 is 0. The quantitative estimate of drug-likeness (QED) is 0.401. The first-order valence-electron chi connectivity index (χ1n) is 4.22. The topological polar surface area (TPSA) is 92.3 Å². The molecule has 0 saturated heterocycles. The van der Waals surface area contributed by atoms with Gasteiger partial charge in [0.05, 0.1) is 6.10 Å². The number of aliphatic hydroxyl groups is 2. The number of aliphatic hydroxyl groups excluding tert-OH is 2. The molecule has 15 heavy (non-hydrogen) atoms. The van der Waals surface area contributed by atoms with E-state index in [4.69, 9.17) is 17.3 Å². The molecule has 0 aliphatic rings. The van der Waals surface area contributed by atoms with Crippen molar-refractivity contribution >= 4 is 23.4 Å². The minimum absolute atomic E-state index is 0.0538. The van der Waals surface area contributed by atoms with Crippen LogP contribution in [0.3, 0.4) is 0 Å². The number of hydrogen-bond acceptors (Lipinski definition) is 6. The lowest BCUT2D eigenvalue weighted by Gasteiger charge is -2.16. The molecule has 1 rings (SSSR count). The number of thioether (sulfide) groups is 1. The second-order valence-corrected chi connectivity index (χ2v) is 3.98. The molecule has 0 spiro atoms. The maximum atomic E-state index is 9.63. The second-order valence-electron chi connectivity index (χ2n) is 2.85. The van der Waals surface area contributed by atoms with E-state index < -0.39 is 12.2 Å². The van der Waals surface area contributed by atoms with Crippen LogP contribution in [0.1, 0.15) is 11.7 Å². The van der Waals surface area contributed by atoms with Crippen LogP contribution >= 0.6 is 23.4 Å². The van der Waals surface area contributed by atoms with Crippen LogP contribution in [0, 0.1) is 0 Å². The summed E-state index contributed by atoms with van der Waals surface area (Å²) in [6, 6.07) is 0. The number of nitrogens with two attached hydrogens (primary N) is 1. The maximum absolute atomic E-state index is 9.63. The van der Waals surface area contributed by atoms with Crippen LogP contribution in [0.25, 0.3) is 0 Å². The van der Waals surface area contributed by atoms with Crippen molar-refractivity contribution in [2.24, 2.45) is 5.73 Å². The Morgan fingerprint density at radius 1 is 1.60 bits per heavy atom. The third-order valence-electron chi connectivity index (χ3n) is 1.85. The Labute approximate surface area is 96.7 Å². The van der Waals surface area contributed by atoms with E-state index in [0.717, 1.165) is 0 Å². The van der Waals surface area contributed by atoms with E-state index >= 15 is 0 Å². The van der Waals surface area contributed by atoms with E-state index in [1.165, 1.54) is 18.0 Å². The fraction of sp³-hybridized carbons (Fsp3) is 0.500. The Balaban J connectivity index is 2.95. The third kappa shape index (κ3) is 3.02. The molecule has 1 heterocycles. The van der Waals surface area contributed by atoms with Gasteiger partial charge in [-0.15, -0.1) is 0 Å². The Morgan fingerprint density at radius 3 is 2.73 bits per heavy atom. The van der Waals surface area contributed by atoms with Gasteiger partial charge < -0.3 is 15.9 Å². The maximum Gasteiger partial charge on any atom is 0.188 e. The molecule has 0 fully saturated rings. The minimum Gasteiger partial charge on any atom is -0.389 e. The number of hydrogen-bond donors (Lipinski definition) is 3. The minimum atomic E-state index is -1.15. The van der Waals surface area contributed by atoms with Crippen LogP contribution in [0.2, 0.25) is 5.15 Å². The van der Waals surface area contributed by atoms with Crippen LogP contribution < -0.4 is 5.73 Å². The average Bonchev–Trinajstić information content (AvgIpc) is 2.26. The molecule has 0 radical (unpaired) electrons. The van der Waals surface area contributed by atoms with Crippen molar-refractivity contribution < 1.29 is 10.2 Å². The second kappa shape index (κ2) is 5.62. The van der Waals surface area contributed by atoms with Gasteiger partial charge in [0, 0.05) is 18.3 Å². The molecule has 1 aromatic rings. The van der Waals surface area contributed by atoms with E-state index in [1.807, 2.05) is 6.26 Å². The standard InChI is InChI=1S/C8H12ClN3O2S/c1-15-8-11-3-4(7(9)12-8)6(14)5(13)2-10/h3,5-6,13-14H,2,10H2,1H3. The summed E-state index contributed by atoms with van der Waals surface area (Å²) >= 11 is 7.17. The van der Waals surface area contributed by atoms with Gasteiger partial charge in [-0.2, -0.15) is 0 Å². The van der Waals surface area contributed by atoms with Crippen LogP contribution in [-0.2, 0) is 0 Å². The van der Waals surface area contributed by atoms with E-state index in [9.17, 15) is 10.2 Å². The van der Waals surface area contributed by atoms with Gasteiger partial charge in [-0.3, -0.25) is 0 Å². The first-order valence-corrected chi connectivity index (χ1v) is 5.83. The first kappa shape index (κ1) is 12.7. The molecule has 1 aromatic heterocycles. The molecule has 7 heteroatoms. The van der Waals surface area contributed by atoms with Crippen molar-refractivity contribution in [2.75, 3.05) is 12.8 Å². The summed E-state index contributed by atoms with van der Waals surface area (Å²) in [6.45, 7) is -0.0538. The van der Waals surface area contributed by atoms with Crippen molar-refractivity contribution in [3.63, 3.8) is 0 Å². The van der Waals surface area contributed by atoms with Gasteiger partial charge in [-0.25, -0.2) is 9.97 Å². The molecule has 84 valence electrons. The predicted molar refractivity (Wildman–Crippen MR) is 58.8 cm³/mol. The van der Waals surface area contributed by atoms with Crippen molar-refractivity contribution in [1.82, 2.24) is 9.97 Å². The third-order valence-corrected chi connectivity index (χ3v) is 2.72. The number of nitrogens with zero attached hydrogens (tertiary/aromatic N) is 2. The van der Waals surface area contributed by atoms with Gasteiger partial charge >= 0.3 is 0 Å². The fourth-order valence-electron chi connectivity index (χ4n) is 0.988. The molecule has 0 aromatic carbocycles. The number of aromatic nitrogens is 2. The largest absolute Gasteiger partial charge is 0.389 e. The van der Waals surface area contributed by atoms with E-state index in [-0.39, 0.29) is 17.3 Å². The van der Waals surface area contributed by atoms with Crippen molar-refractivity contribution in [3.8, 4) is 0 Å². The van der Waals surface area contributed by atoms with Gasteiger partial charge in [0.15, 0.2) is 5.16 Å². The van der Waals surface area contributed by atoms with Crippen LogP contribution in [-0.4, -0.2) is 39.1 Å². The molecular formula is C8H12ClN3O2S. The monoisotopic (exact) mass is 249 g/mol. The highest BCUT2D eigenvalue weighted by atomic mass is 35.5. The lowest BCUT2D eigenvalue weighted by molar-refractivity contribution is 0.0239. The summed E-state index contributed by atoms with van der Waals surface area (Å²) in [5.41, 5.74) is 5.50. The van der Waals surface area contributed by atoms with Crippen LogP contribution in [0.5, 0.6) is 0 Å². The van der Waals surface area contributed by atoms with E-state index in [0.29, 0.717) is 5.16 Å². The molecule has 2 unspecified atom stereocenters. The first-order chi connectivity index (χ1) is 7.10. The van der Waals surface area contributed by atoms with Gasteiger partial charge in [-0.1, -0.05) is 23.4 Å². The molecule has 0 aliphatic carbocycles.